The summed E-state index contributed by atoms with van der Waals surface area (Å²) < 4.78 is 9.85. The molecule has 1 aliphatic heterocycles. The zero-order valence-electron chi connectivity index (χ0n) is 9.90. The van der Waals surface area contributed by atoms with E-state index in [1.807, 2.05) is 0 Å². The van der Waals surface area contributed by atoms with Crippen LogP contribution in [0.15, 0.2) is 0 Å². The summed E-state index contributed by atoms with van der Waals surface area (Å²) in [5, 5.41) is 0. The molecule has 0 aromatic rings. The topological polar surface area (TPSA) is 55.8 Å². The molecule has 0 atom stereocenters. The maximum atomic E-state index is 11.4. The van der Waals surface area contributed by atoms with E-state index in [0.717, 1.165) is 0 Å². The molecular weight excluding hydrogens is 210 g/mol. The largest absolute Gasteiger partial charge is 0.466 e. The van der Waals surface area contributed by atoms with Gasteiger partial charge in [-0.25, -0.2) is 4.79 Å². The second kappa shape index (κ2) is 6.35. The predicted molar refractivity (Wildman–Crippen MR) is 58.0 cm³/mol. The van der Waals surface area contributed by atoms with E-state index in [1.165, 1.54) is 0 Å². The third-order valence-electron chi connectivity index (χ3n) is 2.64. The van der Waals surface area contributed by atoms with Gasteiger partial charge in [-0.1, -0.05) is 0 Å². The lowest BCUT2D eigenvalue weighted by Crippen LogP contribution is -2.40. The van der Waals surface area contributed by atoms with Crippen LogP contribution in [0.25, 0.3) is 0 Å². The molecule has 0 saturated carbocycles. The van der Waals surface area contributed by atoms with E-state index in [1.54, 1.807) is 18.7 Å². The van der Waals surface area contributed by atoms with Crippen LogP contribution in [-0.4, -0.2) is 43.3 Å². The van der Waals surface area contributed by atoms with Crippen LogP contribution in [0.2, 0.25) is 0 Å². The van der Waals surface area contributed by atoms with Crippen molar-refractivity contribution in [1.82, 2.24) is 4.90 Å². The van der Waals surface area contributed by atoms with Gasteiger partial charge in [0.05, 0.1) is 19.1 Å². The Labute approximate surface area is 95.7 Å². The fourth-order valence-corrected chi connectivity index (χ4v) is 1.77. The van der Waals surface area contributed by atoms with Crippen molar-refractivity contribution in [1.29, 1.82) is 0 Å². The molecule has 1 aliphatic rings. The van der Waals surface area contributed by atoms with Crippen molar-refractivity contribution in [3.63, 3.8) is 0 Å². The summed E-state index contributed by atoms with van der Waals surface area (Å²) in [6.07, 6.45) is 1.04. The molecule has 92 valence electrons. The van der Waals surface area contributed by atoms with Gasteiger partial charge in [0.15, 0.2) is 0 Å². The van der Waals surface area contributed by atoms with Crippen molar-refractivity contribution >= 4 is 12.1 Å². The highest BCUT2D eigenvalue weighted by Gasteiger charge is 2.28. The van der Waals surface area contributed by atoms with E-state index in [0.29, 0.717) is 39.1 Å². The Balaban J connectivity index is 2.33. The molecule has 1 amide bonds. The molecule has 0 N–H and O–H groups in total. The van der Waals surface area contributed by atoms with Crippen LogP contribution in [0.1, 0.15) is 26.7 Å². The molecule has 5 heteroatoms. The predicted octanol–water partition coefficient (Wildman–Crippen LogP) is 1.42. The van der Waals surface area contributed by atoms with Crippen LogP contribution < -0.4 is 0 Å². The van der Waals surface area contributed by atoms with Crippen molar-refractivity contribution < 1.29 is 19.1 Å². The summed E-state index contributed by atoms with van der Waals surface area (Å²) in [4.78, 5) is 24.5. The van der Waals surface area contributed by atoms with Crippen LogP contribution in [0.4, 0.5) is 4.79 Å². The molecule has 0 spiro atoms. The lowest BCUT2D eigenvalue weighted by atomic mass is 9.97. The van der Waals surface area contributed by atoms with Crippen LogP contribution in [-0.2, 0) is 14.3 Å². The number of ether oxygens (including phenoxy) is 2. The van der Waals surface area contributed by atoms with Crippen molar-refractivity contribution in [3.8, 4) is 0 Å². The molecule has 1 saturated heterocycles. The first kappa shape index (κ1) is 12.8. The summed E-state index contributed by atoms with van der Waals surface area (Å²) in [5.74, 6) is -0.211. The van der Waals surface area contributed by atoms with E-state index in [2.05, 4.69) is 0 Å². The first-order valence-corrected chi connectivity index (χ1v) is 5.77. The number of amides is 1. The minimum absolute atomic E-state index is 0.0642. The molecule has 1 rings (SSSR count). The van der Waals surface area contributed by atoms with Gasteiger partial charge in [-0.15, -0.1) is 0 Å². The molecule has 1 fully saturated rings. The second-order valence-corrected chi connectivity index (χ2v) is 3.71. The van der Waals surface area contributed by atoms with Gasteiger partial charge in [0.1, 0.15) is 0 Å². The second-order valence-electron chi connectivity index (χ2n) is 3.71. The monoisotopic (exact) mass is 229 g/mol. The average molecular weight is 229 g/mol. The number of carbonyl (C=O) groups excluding carboxylic acids is 2. The summed E-state index contributed by atoms with van der Waals surface area (Å²) in [6.45, 7) is 5.52. The quantitative estimate of drug-likeness (QED) is 0.687. The Kier molecular flexibility index (Phi) is 5.08. The highest BCUT2D eigenvalue weighted by Crippen LogP contribution is 2.19. The van der Waals surface area contributed by atoms with Gasteiger partial charge in [-0.3, -0.25) is 4.79 Å². The van der Waals surface area contributed by atoms with Crippen LogP contribution in [0.5, 0.6) is 0 Å². The maximum absolute atomic E-state index is 11.4. The number of nitrogens with zero attached hydrogens (tertiary/aromatic N) is 1. The number of esters is 1. The van der Waals surface area contributed by atoms with Gasteiger partial charge >= 0.3 is 12.1 Å². The number of hydrogen-bond donors (Lipinski definition) is 0. The smallest absolute Gasteiger partial charge is 0.409 e. The first-order chi connectivity index (χ1) is 7.69. The Morgan fingerprint density at radius 1 is 1.12 bits per heavy atom. The number of rotatable bonds is 3. The van der Waals surface area contributed by atoms with E-state index in [9.17, 15) is 9.59 Å². The zero-order valence-corrected chi connectivity index (χ0v) is 9.90. The number of carbonyl (C=O) groups is 2. The van der Waals surface area contributed by atoms with Gasteiger partial charge in [-0.2, -0.15) is 0 Å². The molecule has 0 aromatic heterocycles. The molecular formula is C11H19NO4. The van der Waals surface area contributed by atoms with Gasteiger partial charge < -0.3 is 14.4 Å². The Morgan fingerprint density at radius 3 is 2.19 bits per heavy atom. The highest BCUT2D eigenvalue weighted by atomic mass is 16.6. The summed E-state index contributed by atoms with van der Waals surface area (Å²) >= 11 is 0. The van der Waals surface area contributed by atoms with Gasteiger partial charge in [0.2, 0.25) is 0 Å². The molecule has 0 aliphatic carbocycles. The zero-order chi connectivity index (χ0) is 12.0. The SMILES string of the molecule is CCOC(=O)C1CCN(C(=O)OCC)CC1. The Bertz CT molecular complexity index is 220. The van der Waals surface area contributed by atoms with Crippen LogP contribution in [0, 0.1) is 5.92 Å². The maximum Gasteiger partial charge on any atom is 0.409 e. The highest BCUT2D eigenvalue weighted by molar-refractivity contribution is 5.73. The van der Waals surface area contributed by atoms with E-state index < -0.39 is 0 Å². The standard InChI is InChI=1S/C11H19NO4/c1-3-15-10(13)9-5-7-12(8-6-9)11(14)16-4-2/h9H,3-8H2,1-2H3. The van der Waals surface area contributed by atoms with E-state index >= 15 is 0 Å². The molecule has 0 bridgehead atoms. The molecule has 16 heavy (non-hydrogen) atoms. The van der Waals surface area contributed by atoms with E-state index in [4.69, 9.17) is 9.47 Å². The summed E-state index contributed by atoms with van der Waals surface area (Å²) in [5.41, 5.74) is 0. The summed E-state index contributed by atoms with van der Waals surface area (Å²) in [6, 6.07) is 0. The normalized spacial score (nSPS) is 17.0. The third kappa shape index (κ3) is 3.40. The lowest BCUT2D eigenvalue weighted by molar-refractivity contribution is -0.149. The summed E-state index contributed by atoms with van der Waals surface area (Å²) in [7, 11) is 0. The average Bonchev–Trinajstić information content (AvgIpc) is 2.30. The molecule has 0 radical (unpaired) electrons. The number of likely N-dealkylation sites (tertiary alicyclic amines) is 1. The first-order valence-electron chi connectivity index (χ1n) is 5.77. The number of piperidine rings is 1. The van der Waals surface area contributed by atoms with Gasteiger partial charge in [0.25, 0.3) is 0 Å². The van der Waals surface area contributed by atoms with Crippen molar-refractivity contribution in [2.24, 2.45) is 5.92 Å². The molecule has 0 aromatic carbocycles. The molecule has 0 unspecified atom stereocenters. The minimum Gasteiger partial charge on any atom is -0.466 e. The van der Waals surface area contributed by atoms with E-state index in [-0.39, 0.29) is 18.0 Å². The van der Waals surface area contributed by atoms with Crippen molar-refractivity contribution in [3.05, 3.63) is 0 Å². The molecule has 1 heterocycles. The van der Waals surface area contributed by atoms with Crippen molar-refractivity contribution in [2.75, 3.05) is 26.3 Å². The van der Waals surface area contributed by atoms with Gasteiger partial charge in [-0.05, 0) is 26.7 Å². The Morgan fingerprint density at radius 2 is 1.69 bits per heavy atom. The van der Waals surface area contributed by atoms with Crippen molar-refractivity contribution in [2.45, 2.75) is 26.7 Å². The lowest BCUT2D eigenvalue weighted by Gasteiger charge is -2.29. The van der Waals surface area contributed by atoms with Crippen LogP contribution in [0.3, 0.4) is 0 Å². The minimum atomic E-state index is -0.287. The Hall–Kier alpha value is -1.26. The van der Waals surface area contributed by atoms with Crippen LogP contribution >= 0.6 is 0 Å². The third-order valence-corrected chi connectivity index (χ3v) is 2.64. The fraction of sp³-hybridized carbons (Fsp3) is 0.818. The molecule has 5 nitrogen and oxygen atoms in total. The fourth-order valence-electron chi connectivity index (χ4n) is 1.77. The van der Waals surface area contributed by atoms with Gasteiger partial charge in [0, 0.05) is 13.1 Å². The number of hydrogen-bond acceptors (Lipinski definition) is 4.